The lowest BCUT2D eigenvalue weighted by Gasteiger charge is -2.04. The molecule has 0 saturated heterocycles. The molecule has 31 heavy (non-hydrogen) atoms. The van der Waals surface area contributed by atoms with Crippen molar-refractivity contribution in [2.45, 2.75) is 11.4 Å². The zero-order valence-corrected chi connectivity index (χ0v) is 18.3. The Morgan fingerprint density at radius 1 is 1.16 bits per heavy atom. The van der Waals surface area contributed by atoms with E-state index in [4.69, 9.17) is 15.9 Å². The predicted octanol–water partition coefficient (Wildman–Crippen LogP) is 2.03. The molecular formula is C21H18N2O6S2. The molecule has 1 amide bonds. The van der Waals surface area contributed by atoms with E-state index in [1.807, 2.05) is 0 Å². The molecule has 1 aromatic heterocycles. The van der Waals surface area contributed by atoms with E-state index in [-0.39, 0.29) is 16.2 Å². The number of terminal acetylenes is 1. The zero-order chi connectivity index (χ0) is 22.6. The fourth-order valence-electron chi connectivity index (χ4n) is 2.82. The van der Waals surface area contributed by atoms with Crippen molar-refractivity contribution in [3.05, 3.63) is 52.8 Å². The van der Waals surface area contributed by atoms with E-state index in [9.17, 15) is 18.0 Å². The summed E-state index contributed by atoms with van der Waals surface area (Å²) in [5, 5.41) is 0. The summed E-state index contributed by atoms with van der Waals surface area (Å²) < 4.78 is 37.1. The third-order valence-corrected chi connectivity index (χ3v) is 6.96. The van der Waals surface area contributed by atoms with Crippen LogP contribution in [0.4, 0.5) is 0 Å². The molecule has 10 heteroatoms. The Morgan fingerprint density at radius 3 is 2.48 bits per heavy atom. The molecule has 3 rings (SSSR count). The highest BCUT2D eigenvalue weighted by molar-refractivity contribution is 7.92. The van der Waals surface area contributed by atoms with E-state index in [2.05, 4.69) is 10.9 Å². The number of hydrogen-bond donors (Lipinski definition) is 0. The van der Waals surface area contributed by atoms with Gasteiger partial charge in [0.1, 0.15) is 11.5 Å². The predicted molar refractivity (Wildman–Crippen MR) is 116 cm³/mol. The molecule has 160 valence electrons. The maximum absolute atomic E-state index is 12.6. The average molecular weight is 459 g/mol. The Labute approximate surface area is 182 Å². The first-order valence-corrected chi connectivity index (χ1v) is 11.4. The summed E-state index contributed by atoms with van der Waals surface area (Å²) in [5.41, 5.74) is 1.00. The maximum atomic E-state index is 12.6. The van der Waals surface area contributed by atoms with Crippen molar-refractivity contribution in [3.63, 3.8) is 0 Å². The second-order valence-electron chi connectivity index (χ2n) is 6.29. The van der Waals surface area contributed by atoms with E-state index in [0.29, 0.717) is 21.5 Å². The quantitative estimate of drug-likeness (QED) is 0.414. The Morgan fingerprint density at radius 2 is 1.87 bits per heavy atom. The third-order valence-electron chi connectivity index (χ3n) is 4.31. The number of sulfone groups is 1. The number of esters is 1. The van der Waals surface area contributed by atoms with Crippen LogP contribution in [-0.2, 0) is 25.9 Å². The van der Waals surface area contributed by atoms with Gasteiger partial charge in [0.15, 0.2) is 14.6 Å². The van der Waals surface area contributed by atoms with Gasteiger partial charge in [0, 0.05) is 0 Å². The number of benzene rings is 2. The van der Waals surface area contributed by atoms with Crippen LogP contribution in [0.25, 0.3) is 10.2 Å². The molecule has 0 N–H and O–H groups in total. The summed E-state index contributed by atoms with van der Waals surface area (Å²) in [4.78, 5) is 28.5. The second-order valence-corrected chi connectivity index (χ2v) is 9.29. The van der Waals surface area contributed by atoms with E-state index >= 15 is 0 Å². The highest BCUT2D eigenvalue weighted by Crippen LogP contribution is 2.20. The molecule has 1 heterocycles. The van der Waals surface area contributed by atoms with Gasteiger partial charge in [-0.1, -0.05) is 17.3 Å². The largest absolute Gasteiger partial charge is 0.497 e. The molecule has 0 unspecified atom stereocenters. The van der Waals surface area contributed by atoms with Gasteiger partial charge in [-0.15, -0.1) is 6.42 Å². The third kappa shape index (κ3) is 4.84. The number of nitrogens with zero attached hydrogens (tertiary/aromatic N) is 2. The molecule has 0 aliphatic heterocycles. The number of methoxy groups -OCH3 is 2. The summed E-state index contributed by atoms with van der Waals surface area (Å²) in [5.74, 6) is 0.860. The van der Waals surface area contributed by atoms with Crippen LogP contribution in [0.1, 0.15) is 10.4 Å². The van der Waals surface area contributed by atoms with Gasteiger partial charge < -0.3 is 14.0 Å². The normalized spacial score (nSPS) is 11.8. The van der Waals surface area contributed by atoms with Gasteiger partial charge >= 0.3 is 5.97 Å². The minimum absolute atomic E-state index is 0.00703. The van der Waals surface area contributed by atoms with Crippen LogP contribution in [-0.4, -0.2) is 44.8 Å². The minimum Gasteiger partial charge on any atom is -0.497 e. The lowest BCUT2D eigenvalue weighted by atomic mass is 10.2. The first-order valence-electron chi connectivity index (χ1n) is 8.88. The minimum atomic E-state index is -3.89. The Bertz CT molecular complexity index is 1360. The topological polar surface area (TPSA) is 104 Å². The molecular weight excluding hydrogens is 440 g/mol. The number of thiazole rings is 1. The van der Waals surface area contributed by atoms with Crippen molar-refractivity contribution in [2.75, 3.05) is 20.0 Å². The summed E-state index contributed by atoms with van der Waals surface area (Å²) >= 11 is 1.12. The van der Waals surface area contributed by atoms with Gasteiger partial charge in [-0.2, -0.15) is 4.99 Å². The molecule has 8 nitrogen and oxygen atoms in total. The average Bonchev–Trinajstić information content (AvgIpc) is 3.09. The number of rotatable bonds is 6. The molecule has 3 aromatic rings. The fourth-order valence-corrected chi connectivity index (χ4v) is 5.01. The first-order chi connectivity index (χ1) is 14.8. The van der Waals surface area contributed by atoms with E-state index in [1.54, 1.807) is 22.8 Å². The van der Waals surface area contributed by atoms with Crippen molar-refractivity contribution in [1.29, 1.82) is 0 Å². The van der Waals surface area contributed by atoms with Crippen LogP contribution in [0.15, 0.2) is 52.4 Å². The molecule has 0 atom stereocenters. The van der Waals surface area contributed by atoms with Crippen LogP contribution < -0.4 is 9.54 Å². The van der Waals surface area contributed by atoms with E-state index < -0.39 is 27.5 Å². The smallest absolute Gasteiger partial charge is 0.337 e. The fraction of sp³-hybridized carbons (Fsp3) is 0.190. The lowest BCUT2D eigenvalue weighted by molar-refractivity contribution is -0.115. The van der Waals surface area contributed by atoms with Gasteiger partial charge in [-0.3, -0.25) is 4.79 Å². The maximum Gasteiger partial charge on any atom is 0.337 e. The van der Waals surface area contributed by atoms with Crippen molar-refractivity contribution in [1.82, 2.24) is 4.57 Å². The number of amides is 1. The van der Waals surface area contributed by atoms with Gasteiger partial charge in [-0.05, 0) is 42.5 Å². The summed E-state index contributed by atoms with van der Waals surface area (Å²) in [6.07, 6.45) is 5.44. The number of hydrogen-bond acceptors (Lipinski definition) is 7. The van der Waals surface area contributed by atoms with Crippen LogP contribution in [0, 0.1) is 12.3 Å². The zero-order valence-electron chi connectivity index (χ0n) is 16.7. The Hall–Kier alpha value is -3.42. The highest BCUT2D eigenvalue weighted by Gasteiger charge is 2.20. The van der Waals surface area contributed by atoms with Crippen LogP contribution in [0.2, 0.25) is 0 Å². The SMILES string of the molecule is C#CCn1c(=NC(=O)CS(=O)(=O)c2ccc(OC)cc2)sc2cc(C(=O)OC)ccc21. The summed E-state index contributed by atoms with van der Waals surface area (Å²) in [7, 11) is -1.14. The number of fused-ring (bicyclic) bond motifs is 1. The number of carbonyl (C=O) groups excluding carboxylic acids is 2. The van der Waals surface area contributed by atoms with Crippen LogP contribution >= 0.6 is 11.3 Å². The Balaban J connectivity index is 1.98. The summed E-state index contributed by atoms with van der Waals surface area (Å²) in [6, 6.07) is 10.6. The van der Waals surface area contributed by atoms with Gasteiger partial charge in [0.25, 0.3) is 5.91 Å². The number of carbonyl (C=O) groups is 2. The summed E-state index contributed by atoms with van der Waals surface area (Å²) in [6.45, 7) is 0.120. The molecule has 0 aliphatic carbocycles. The Kier molecular flexibility index (Phi) is 6.58. The molecule has 2 aromatic carbocycles. The van der Waals surface area contributed by atoms with Crippen LogP contribution in [0.5, 0.6) is 5.75 Å². The highest BCUT2D eigenvalue weighted by atomic mass is 32.2. The van der Waals surface area contributed by atoms with E-state index in [0.717, 1.165) is 11.3 Å². The number of ether oxygens (including phenoxy) is 2. The van der Waals surface area contributed by atoms with Crippen molar-refractivity contribution >= 4 is 43.3 Å². The number of aromatic nitrogens is 1. The lowest BCUT2D eigenvalue weighted by Crippen LogP contribution is -2.20. The molecule has 0 saturated carbocycles. The van der Waals surface area contributed by atoms with Gasteiger partial charge in [-0.25, -0.2) is 13.2 Å². The molecule has 0 bridgehead atoms. The molecule has 0 aliphatic rings. The van der Waals surface area contributed by atoms with Crippen molar-refractivity contribution < 1.29 is 27.5 Å². The standard InChI is InChI=1S/C21H18N2O6S2/c1-4-11-23-17-10-5-14(20(25)29-3)12-18(17)30-21(23)22-19(24)13-31(26,27)16-8-6-15(28-2)7-9-16/h1,5-10,12H,11,13H2,2-3H3. The van der Waals surface area contributed by atoms with Gasteiger partial charge in [0.05, 0.1) is 41.4 Å². The second kappa shape index (κ2) is 9.16. The van der Waals surface area contributed by atoms with E-state index in [1.165, 1.54) is 38.5 Å². The van der Waals surface area contributed by atoms with Gasteiger partial charge in [0.2, 0.25) is 0 Å². The molecule has 0 spiro atoms. The van der Waals surface area contributed by atoms with Crippen molar-refractivity contribution in [3.8, 4) is 18.1 Å². The molecule has 0 radical (unpaired) electrons. The monoisotopic (exact) mass is 458 g/mol. The first kappa shape index (κ1) is 22.3. The van der Waals surface area contributed by atoms with Crippen molar-refractivity contribution in [2.24, 2.45) is 4.99 Å². The van der Waals surface area contributed by atoms with Crippen LogP contribution in [0.3, 0.4) is 0 Å². The molecule has 0 fully saturated rings.